The van der Waals surface area contributed by atoms with Gasteiger partial charge in [0, 0.05) is 11.3 Å². The molecule has 0 amide bonds. The second kappa shape index (κ2) is 7.33. The van der Waals surface area contributed by atoms with E-state index in [-0.39, 0.29) is 11.7 Å². The van der Waals surface area contributed by atoms with E-state index in [9.17, 15) is 4.39 Å². The number of nitrogen functional groups attached to an aromatic ring is 1. The summed E-state index contributed by atoms with van der Waals surface area (Å²) in [7, 11) is 0. The lowest BCUT2D eigenvalue weighted by atomic mass is 10.1. The van der Waals surface area contributed by atoms with Crippen molar-refractivity contribution < 1.29 is 4.39 Å². The zero-order chi connectivity index (χ0) is 12.7. The normalized spacial score (nSPS) is 10.5. The second-order valence-corrected chi connectivity index (χ2v) is 5.08. The fourth-order valence-electron chi connectivity index (χ4n) is 1.47. The first kappa shape index (κ1) is 14.0. The second-order valence-electron chi connectivity index (χ2n) is 3.98. The van der Waals surface area contributed by atoms with Gasteiger partial charge in [-0.3, -0.25) is 5.41 Å². The highest BCUT2D eigenvalue weighted by Gasteiger charge is 2.05. The molecule has 0 saturated carbocycles. The number of thioether (sulfide) groups is 1. The number of halogens is 1. The summed E-state index contributed by atoms with van der Waals surface area (Å²) in [5.41, 5.74) is 6.44. The predicted molar refractivity (Wildman–Crippen MR) is 73.1 cm³/mol. The van der Waals surface area contributed by atoms with Crippen molar-refractivity contribution in [1.29, 1.82) is 5.41 Å². The molecule has 94 valence electrons. The number of amidine groups is 1. The molecular formula is C13H19FN2S. The van der Waals surface area contributed by atoms with Gasteiger partial charge in [-0.2, -0.15) is 11.8 Å². The van der Waals surface area contributed by atoms with Gasteiger partial charge >= 0.3 is 0 Å². The zero-order valence-corrected chi connectivity index (χ0v) is 10.9. The Morgan fingerprint density at radius 3 is 2.76 bits per heavy atom. The van der Waals surface area contributed by atoms with E-state index >= 15 is 0 Å². The van der Waals surface area contributed by atoms with Crippen molar-refractivity contribution in [3.63, 3.8) is 0 Å². The third-order valence-corrected chi connectivity index (χ3v) is 3.61. The molecule has 0 atom stereocenters. The minimum atomic E-state index is -0.263. The van der Waals surface area contributed by atoms with Gasteiger partial charge in [0.2, 0.25) is 0 Å². The molecule has 17 heavy (non-hydrogen) atoms. The fourth-order valence-corrected chi connectivity index (χ4v) is 2.47. The lowest BCUT2D eigenvalue weighted by molar-refractivity contribution is 0.617. The Hall–Kier alpha value is -1.03. The molecule has 2 nitrogen and oxygen atoms in total. The number of unbranched alkanes of at least 4 members (excludes halogenated alkanes) is 2. The maximum absolute atomic E-state index is 13.6. The SMILES string of the molecule is CCCCCSCc1ccc(C(=N)N)cc1F. The highest BCUT2D eigenvalue weighted by molar-refractivity contribution is 7.98. The van der Waals surface area contributed by atoms with Crippen molar-refractivity contribution >= 4 is 17.6 Å². The number of rotatable bonds is 7. The first-order valence-corrected chi connectivity index (χ1v) is 7.01. The molecule has 4 heteroatoms. The molecule has 1 rings (SSSR count). The van der Waals surface area contributed by atoms with Crippen LogP contribution in [0.1, 0.15) is 37.3 Å². The molecule has 1 aromatic carbocycles. The minimum Gasteiger partial charge on any atom is -0.384 e. The van der Waals surface area contributed by atoms with E-state index in [4.69, 9.17) is 11.1 Å². The molecule has 0 unspecified atom stereocenters. The average molecular weight is 254 g/mol. The van der Waals surface area contributed by atoms with Crippen LogP contribution in [0.5, 0.6) is 0 Å². The summed E-state index contributed by atoms with van der Waals surface area (Å²) in [5.74, 6) is 1.40. The smallest absolute Gasteiger partial charge is 0.127 e. The topological polar surface area (TPSA) is 49.9 Å². The summed E-state index contributed by atoms with van der Waals surface area (Å²) in [4.78, 5) is 0. The van der Waals surface area contributed by atoms with Crippen LogP contribution in [0.3, 0.4) is 0 Å². The van der Waals surface area contributed by atoms with E-state index in [1.807, 2.05) is 0 Å². The summed E-state index contributed by atoms with van der Waals surface area (Å²) < 4.78 is 13.6. The van der Waals surface area contributed by atoms with Crippen LogP contribution in [-0.4, -0.2) is 11.6 Å². The molecule has 1 aromatic rings. The highest BCUT2D eigenvalue weighted by Crippen LogP contribution is 2.18. The largest absolute Gasteiger partial charge is 0.384 e. The van der Waals surface area contributed by atoms with Gasteiger partial charge < -0.3 is 5.73 Å². The number of hydrogen-bond acceptors (Lipinski definition) is 2. The molecule has 3 N–H and O–H groups in total. The molecule has 0 aliphatic carbocycles. The first-order valence-electron chi connectivity index (χ1n) is 5.85. The highest BCUT2D eigenvalue weighted by atomic mass is 32.2. The van der Waals surface area contributed by atoms with Crippen molar-refractivity contribution in [2.45, 2.75) is 31.9 Å². The Balaban J connectivity index is 2.46. The van der Waals surface area contributed by atoms with Crippen LogP contribution in [0.2, 0.25) is 0 Å². The van der Waals surface area contributed by atoms with Gasteiger partial charge in [-0.25, -0.2) is 4.39 Å². The zero-order valence-electron chi connectivity index (χ0n) is 10.1. The van der Waals surface area contributed by atoms with Crippen LogP contribution >= 0.6 is 11.8 Å². The Morgan fingerprint density at radius 1 is 1.41 bits per heavy atom. The Bertz CT molecular complexity index is 380. The van der Waals surface area contributed by atoms with Crippen molar-refractivity contribution in [3.8, 4) is 0 Å². The summed E-state index contributed by atoms with van der Waals surface area (Å²) in [6.45, 7) is 2.17. The van der Waals surface area contributed by atoms with E-state index in [1.165, 1.54) is 25.3 Å². The van der Waals surface area contributed by atoms with Crippen molar-refractivity contribution in [2.75, 3.05) is 5.75 Å². The van der Waals surface area contributed by atoms with E-state index in [0.717, 1.165) is 5.75 Å². The number of nitrogens with one attached hydrogen (secondary N) is 1. The lowest BCUT2D eigenvalue weighted by Gasteiger charge is -2.05. The van der Waals surface area contributed by atoms with Gasteiger partial charge in [0.15, 0.2) is 0 Å². The van der Waals surface area contributed by atoms with Gasteiger partial charge in [0.25, 0.3) is 0 Å². The van der Waals surface area contributed by atoms with Gasteiger partial charge in [-0.05, 0) is 23.8 Å². The first-order chi connectivity index (χ1) is 8.15. The summed E-state index contributed by atoms with van der Waals surface area (Å²) in [6, 6.07) is 4.76. The average Bonchev–Trinajstić information content (AvgIpc) is 2.30. The van der Waals surface area contributed by atoms with E-state index in [1.54, 1.807) is 23.9 Å². The fraction of sp³-hybridized carbons (Fsp3) is 0.462. The molecule has 0 bridgehead atoms. The van der Waals surface area contributed by atoms with Crippen LogP contribution in [0.25, 0.3) is 0 Å². The minimum absolute atomic E-state index is 0.0916. The Morgan fingerprint density at radius 2 is 2.18 bits per heavy atom. The molecular weight excluding hydrogens is 235 g/mol. The van der Waals surface area contributed by atoms with E-state index in [0.29, 0.717) is 16.9 Å². The van der Waals surface area contributed by atoms with Crippen LogP contribution in [0.15, 0.2) is 18.2 Å². The molecule has 0 radical (unpaired) electrons. The van der Waals surface area contributed by atoms with Gasteiger partial charge in [-0.1, -0.05) is 31.9 Å². The predicted octanol–water partition coefficient (Wildman–Crippen LogP) is 3.53. The van der Waals surface area contributed by atoms with Crippen LogP contribution in [0, 0.1) is 11.2 Å². The maximum Gasteiger partial charge on any atom is 0.127 e. The van der Waals surface area contributed by atoms with Crippen LogP contribution < -0.4 is 5.73 Å². The van der Waals surface area contributed by atoms with E-state index < -0.39 is 0 Å². The van der Waals surface area contributed by atoms with Crippen molar-refractivity contribution in [3.05, 3.63) is 35.1 Å². The van der Waals surface area contributed by atoms with Gasteiger partial charge in [-0.15, -0.1) is 0 Å². The van der Waals surface area contributed by atoms with E-state index in [2.05, 4.69) is 6.92 Å². The third kappa shape index (κ3) is 4.77. The van der Waals surface area contributed by atoms with Gasteiger partial charge in [0.05, 0.1) is 0 Å². The molecule has 0 aromatic heterocycles. The number of nitrogens with two attached hydrogens (primary N) is 1. The quantitative estimate of drug-likeness (QED) is 0.444. The Labute approximate surface area is 106 Å². The third-order valence-electron chi connectivity index (χ3n) is 2.51. The molecule has 0 aliphatic heterocycles. The van der Waals surface area contributed by atoms with Crippen LogP contribution in [-0.2, 0) is 5.75 Å². The van der Waals surface area contributed by atoms with Crippen molar-refractivity contribution in [2.24, 2.45) is 5.73 Å². The van der Waals surface area contributed by atoms with Gasteiger partial charge in [0.1, 0.15) is 11.7 Å². The lowest BCUT2D eigenvalue weighted by Crippen LogP contribution is -2.11. The molecule has 0 aliphatic rings. The molecule has 0 spiro atoms. The monoisotopic (exact) mass is 254 g/mol. The number of hydrogen-bond donors (Lipinski definition) is 2. The summed E-state index contributed by atoms with van der Waals surface area (Å²) >= 11 is 1.75. The molecule has 0 saturated heterocycles. The summed E-state index contributed by atoms with van der Waals surface area (Å²) in [5, 5.41) is 7.22. The summed E-state index contributed by atoms with van der Waals surface area (Å²) in [6.07, 6.45) is 3.63. The maximum atomic E-state index is 13.6. The Kier molecular flexibility index (Phi) is 6.05. The molecule has 0 fully saturated rings. The van der Waals surface area contributed by atoms with Crippen LogP contribution in [0.4, 0.5) is 4.39 Å². The number of benzene rings is 1. The standard InChI is InChI=1S/C13H19FN2S/c1-2-3-4-7-17-9-11-6-5-10(13(15)16)8-12(11)14/h5-6,8H,2-4,7,9H2,1H3,(H3,15,16). The van der Waals surface area contributed by atoms with Crippen molar-refractivity contribution in [1.82, 2.24) is 0 Å². The molecule has 0 heterocycles.